The lowest BCUT2D eigenvalue weighted by molar-refractivity contribution is 0.475. The number of rotatable bonds is 2. The molecule has 0 bridgehead atoms. The largest absolute Gasteiger partial charge is 0.0840 e. The van der Waals surface area contributed by atoms with Crippen molar-refractivity contribution in [3.8, 4) is 0 Å². The van der Waals surface area contributed by atoms with Gasteiger partial charge in [0, 0.05) is 14.3 Å². The van der Waals surface area contributed by atoms with Crippen LogP contribution in [0.25, 0.3) is 0 Å². The number of fused-ring (bicyclic) bond motifs is 1. The van der Waals surface area contributed by atoms with E-state index >= 15 is 0 Å². The van der Waals surface area contributed by atoms with Crippen molar-refractivity contribution >= 4 is 43.5 Å². The molecule has 2 aromatic rings. The normalized spacial score (nSPS) is 21.7. The van der Waals surface area contributed by atoms with Crippen molar-refractivity contribution in [3.63, 3.8) is 0 Å². The number of hydrogen-bond acceptors (Lipinski definition) is 0. The van der Waals surface area contributed by atoms with E-state index in [4.69, 9.17) is 11.6 Å². The summed E-state index contributed by atoms with van der Waals surface area (Å²) in [4.78, 5) is 0.413. The monoisotopic (exact) mass is 426 g/mol. The predicted molar refractivity (Wildman–Crippen MR) is 97.4 cm³/mol. The van der Waals surface area contributed by atoms with Gasteiger partial charge in [-0.05, 0) is 60.4 Å². The van der Waals surface area contributed by atoms with Crippen molar-refractivity contribution in [1.29, 1.82) is 0 Å². The fraction of sp³-hybridized carbons (Fsp3) is 0.333. The Labute approximate surface area is 148 Å². The first kappa shape index (κ1) is 15.6. The average molecular weight is 429 g/mol. The van der Waals surface area contributed by atoms with Gasteiger partial charge in [-0.3, -0.25) is 0 Å². The fourth-order valence-electron chi connectivity index (χ4n) is 3.16. The van der Waals surface area contributed by atoms with Crippen molar-refractivity contribution in [3.05, 3.63) is 68.7 Å². The molecule has 0 amide bonds. The Morgan fingerprint density at radius 2 is 1.95 bits per heavy atom. The van der Waals surface area contributed by atoms with Crippen molar-refractivity contribution < 1.29 is 0 Å². The van der Waals surface area contributed by atoms with Crippen LogP contribution in [0, 0.1) is 5.92 Å². The Hall–Kier alpha value is -0.310. The highest BCUT2D eigenvalue weighted by atomic mass is 79.9. The van der Waals surface area contributed by atoms with E-state index in [0.717, 1.165) is 15.9 Å². The van der Waals surface area contributed by atoms with Crippen LogP contribution in [0.3, 0.4) is 0 Å². The minimum Gasteiger partial charge on any atom is -0.0840 e. The molecular formula is C18H17Br2Cl. The van der Waals surface area contributed by atoms with E-state index in [2.05, 4.69) is 68.3 Å². The number of halogens is 3. The molecule has 0 spiro atoms. The van der Waals surface area contributed by atoms with Crippen LogP contribution in [0.4, 0.5) is 0 Å². The van der Waals surface area contributed by atoms with E-state index in [0.29, 0.717) is 10.7 Å². The molecule has 21 heavy (non-hydrogen) atoms. The third-order valence-electron chi connectivity index (χ3n) is 4.28. The summed E-state index contributed by atoms with van der Waals surface area (Å²) in [5, 5.41) is 0.863. The Morgan fingerprint density at radius 1 is 1.14 bits per heavy atom. The molecule has 110 valence electrons. The van der Waals surface area contributed by atoms with Crippen LogP contribution in [0.15, 0.2) is 46.9 Å². The zero-order valence-electron chi connectivity index (χ0n) is 11.7. The van der Waals surface area contributed by atoms with E-state index in [1.54, 1.807) is 0 Å². The molecule has 1 aliphatic carbocycles. The van der Waals surface area contributed by atoms with E-state index in [9.17, 15) is 0 Å². The summed E-state index contributed by atoms with van der Waals surface area (Å²) in [5.41, 5.74) is 4.19. The van der Waals surface area contributed by atoms with Gasteiger partial charge in [-0.1, -0.05) is 73.8 Å². The second kappa shape index (κ2) is 6.85. The Balaban J connectivity index is 1.86. The van der Waals surface area contributed by atoms with E-state index in [-0.39, 0.29) is 0 Å². The molecule has 0 saturated heterocycles. The summed E-state index contributed by atoms with van der Waals surface area (Å²) in [6.45, 7) is 0. The average Bonchev–Trinajstić information content (AvgIpc) is 2.63. The maximum absolute atomic E-state index is 6.39. The Morgan fingerprint density at radius 3 is 2.76 bits per heavy atom. The summed E-state index contributed by atoms with van der Waals surface area (Å²) < 4.78 is 1.04. The molecule has 0 radical (unpaired) electrons. The smallest absolute Gasteiger partial charge is 0.0449 e. The van der Waals surface area contributed by atoms with E-state index in [1.807, 2.05) is 6.07 Å². The predicted octanol–water partition coefficient (Wildman–Crippen LogP) is 6.73. The molecule has 2 aromatic carbocycles. The summed E-state index contributed by atoms with van der Waals surface area (Å²) in [6, 6.07) is 15.0. The zero-order chi connectivity index (χ0) is 14.8. The van der Waals surface area contributed by atoms with Gasteiger partial charge in [0.2, 0.25) is 0 Å². The molecule has 0 aromatic heterocycles. The first-order chi connectivity index (χ1) is 10.1. The second-order valence-corrected chi connectivity index (χ2v) is 8.00. The number of hydrogen-bond donors (Lipinski definition) is 0. The van der Waals surface area contributed by atoms with Gasteiger partial charge in [0.05, 0.1) is 0 Å². The number of alkyl halides is 1. The van der Waals surface area contributed by atoms with Crippen LogP contribution < -0.4 is 0 Å². The highest BCUT2D eigenvalue weighted by Gasteiger charge is 2.26. The molecule has 0 heterocycles. The van der Waals surface area contributed by atoms with Gasteiger partial charge in [0.25, 0.3) is 0 Å². The summed E-state index contributed by atoms with van der Waals surface area (Å²) >= 11 is 13.8. The maximum atomic E-state index is 6.39. The van der Waals surface area contributed by atoms with Crippen LogP contribution in [0.1, 0.15) is 34.4 Å². The van der Waals surface area contributed by atoms with E-state index < -0.39 is 0 Å². The van der Waals surface area contributed by atoms with Crippen molar-refractivity contribution in [2.24, 2.45) is 5.92 Å². The molecule has 3 rings (SSSR count). The third-order valence-corrected chi connectivity index (χ3v) is 6.37. The highest BCUT2D eigenvalue weighted by Crippen LogP contribution is 2.41. The lowest BCUT2D eigenvalue weighted by Crippen LogP contribution is -2.10. The zero-order valence-corrected chi connectivity index (χ0v) is 15.6. The molecular weight excluding hydrogens is 411 g/mol. The van der Waals surface area contributed by atoms with Crippen LogP contribution in [-0.2, 0) is 12.8 Å². The quantitative estimate of drug-likeness (QED) is 0.367. The van der Waals surface area contributed by atoms with Crippen LogP contribution >= 0.6 is 43.5 Å². The summed E-state index contributed by atoms with van der Waals surface area (Å²) in [7, 11) is 0. The van der Waals surface area contributed by atoms with Crippen LogP contribution in [0.2, 0.25) is 5.02 Å². The summed E-state index contributed by atoms with van der Waals surface area (Å²) in [5.74, 6) is 0.590. The summed E-state index contributed by atoms with van der Waals surface area (Å²) in [6.07, 6.45) is 4.69. The number of benzene rings is 2. The van der Waals surface area contributed by atoms with Crippen molar-refractivity contribution in [2.45, 2.75) is 30.5 Å². The second-order valence-electron chi connectivity index (χ2n) is 5.69. The van der Waals surface area contributed by atoms with Gasteiger partial charge < -0.3 is 0 Å². The maximum Gasteiger partial charge on any atom is 0.0449 e. The molecule has 1 aliphatic rings. The van der Waals surface area contributed by atoms with Crippen LogP contribution in [-0.4, -0.2) is 0 Å². The van der Waals surface area contributed by atoms with E-state index in [1.165, 1.54) is 36.0 Å². The molecule has 0 aliphatic heterocycles. The van der Waals surface area contributed by atoms with Crippen LogP contribution in [0.5, 0.6) is 0 Å². The molecule has 0 nitrogen and oxygen atoms in total. The van der Waals surface area contributed by atoms with Gasteiger partial charge in [0.1, 0.15) is 0 Å². The Bertz CT molecular complexity index is 639. The lowest BCUT2D eigenvalue weighted by atomic mass is 9.90. The third kappa shape index (κ3) is 3.55. The standard InChI is InChI=1S/C18H17Br2Cl/c19-15-9-8-13(17(21)11-15)10-14-6-3-5-12-4-1-2-7-16(12)18(14)20/h1-2,4,7-9,11,14,18H,3,5-6,10H2. The first-order valence-electron chi connectivity index (χ1n) is 7.31. The molecule has 3 heteroatoms. The first-order valence-corrected chi connectivity index (χ1v) is 9.39. The Kier molecular flexibility index (Phi) is 5.08. The minimum absolute atomic E-state index is 0.413. The molecule has 2 unspecified atom stereocenters. The van der Waals surface area contributed by atoms with Gasteiger partial charge >= 0.3 is 0 Å². The van der Waals surface area contributed by atoms with Gasteiger partial charge in [-0.15, -0.1) is 0 Å². The minimum atomic E-state index is 0.413. The topological polar surface area (TPSA) is 0 Å². The van der Waals surface area contributed by atoms with Gasteiger partial charge in [-0.2, -0.15) is 0 Å². The number of aryl methyl sites for hydroxylation is 1. The molecule has 0 N–H and O–H groups in total. The highest BCUT2D eigenvalue weighted by molar-refractivity contribution is 9.10. The van der Waals surface area contributed by atoms with Gasteiger partial charge in [-0.25, -0.2) is 0 Å². The molecule has 0 fully saturated rings. The van der Waals surface area contributed by atoms with Gasteiger partial charge in [0.15, 0.2) is 0 Å². The molecule has 2 atom stereocenters. The SMILES string of the molecule is Clc1cc(Br)ccc1CC1CCCc2ccccc2C1Br. The van der Waals surface area contributed by atoms with Crippen molar-refractivity contribution in [1.82, 2.24) is 0 Å². The molecule has 0 saturated carbocycles. The van der Waals surface area contributed by atoms with Crippen molar-refractivity contribution in [2.75, 3.05) is 0 Å². The lowest BCUT2D eigenvalue weighted by Gasteiger charge is -2.22. The fourth-order valence-corrected chi connectivity index (χ4v) is 4.81.